The first-order valence-corrected chi connectivity index (χ1v) is 10.2. The fraction of sp³-hybridized carbons (Fsp3) is 0.211. The molecule has 1 aromatic carbocycles. The molecular formula is C19H18N4O2S2. The van der Waals surface area contributed by atoms with Crippen LogP contribution in [0.4, 0.5) is 0 Å². The number of aryl methyl sites for hydroxylation is 1. The van der Waals surface area contributed by atoms with Gasteiger partial charge in [-0.1, -0.05) is 11.8 Å². The normalized spacial score (nSPS) is 11.1. The minimum Gasteiger partial charge on any atom is -0.497 e. The summed E-state index contributed by atoms with van der Waals surface area (Å²) in [6.07, 6.45) is 1.67. The van der Waals surface area contributed by atoms with E-state index in [-0.39, 0.29) is 0 Å². The van der Waals surface area contributed by atoms with Gasteiger partial charge in [0.1, 0.15) is 16.5 Å². The summed E-state index contributed by atoms with van der Waals surface area (Å²) in [5, 5.41) is 12.6. The minimum atomic E-state index is 0.739. The Morgan fingerprint density at radius 1 is 1.19 bits per heavy atom. The van der Waals surface area contributed by atoms with Gasteiger partial charge < -0.3 is 13.7 Å². The number of aromatic nitrogens is 4. The molecule has 6 nitrogen and oxygen atoms in total. The average molecular weight is 399 g/mol. The number of hydrogen-bond acceptors (Lipinski definition) is 7. The molecule has 0 aliphatic heterocycles. The van der Waals surface area contributed by atoms with Gasteiger partial charge in [0.25, 0.3) is 0 Å². The largest absolute Gasteiger partial charge is 0.497 e. The second-order valence-corrected chi connectivity index (χ2v) is 7.72. The molecule has 0 radical (unpaired) electrons. The van der Waals surface area contributed by atoms with Gasteiger partial charge in [-0.2, -0.15) is 0 Å². The lowest BCUT2D eigenvalue weighted by molar-refractivity contribution is 0.415. The van der Waals surface area contributed by atoms with Gasteiger partial charge in [0.2, 0.25) is 0 Å². The van der Waals surface area contributed by atoms with Crippen molar-refractivity contribution in [2.75, 3.05) is 7.11 Å². The Hall–Kier alpha value is -2.58. The smallest absolute Gasteiger partial charge is 0.191 e. The minimum absolute atomic E-state index is 0.739. The average Bonchev–Trinajstić information content (AvgIpc) is 3.41. The highest BCUT2D eigenvalue weighted by molar-refractivity contribution is 7.98. The van der Waals surface area contributed by atoms with E-state index in [0.29, 0.717) is 0 Å². The van der Waals surface area contributed by atoms with E-state index in [4.69, 9.17) is 14.1 Å². The highest BCUT2D eigenvalue weighted by Crippen LogP contribution is 2.30. The molecule has 138 valence electrons. The topological polar surface area (TPSA) is 66.0 Å². The molecule has 0 saturated carbocycles. The van der Waals surface area contributed by atoms with E-state index >= 15 is 0 Å². The van der Waals surface area contributed by atoms with Gasteiger partial charge in [0, 0.05) is 23.7 Å². The molecule has 0 atom stereocenters. The molecule has 3 aromatic heterocycles. The zero-order chi connectivity index (χ0) is 18.8. The quantitative estimate of drug-likeness (QED) is 0.434. The van der Waals surface area contributed by atoms with Crippen LogP contribution in [0.5, 0.6) is 5.75 Å². The summed E-state index contributed by atoms with van der Waals surface area (Å²) in [6, 6.07) is 9.86. The molecule has 0 unspecified atom stereocenters. The van der Waals surface area contributed by atoms with Gasteiger partial charge in [-0.3, -0.25) is 0 Å². The van der Waals surface area contributed by atoms with Crippen LogP contribution in [0.25, 0.3) is 22.0 Å². The zero-order valence-electron chi connectivity index (χ0n) is 15.2. The van der Waals surface area contributed by atoms with Crippen molar-refractivity contribution in [1.29, 1.82) is 0 Å². The van der Waals surface area contributed by atoms with Crippen molar-refractivity contribution < 1.29 is 9.15 Å². The van der Waals surface area contributed by atoms with Crippen LogP contribution >= 0.6 is 23.1 Å². The fourth-order valence-electron chi connectivity index (χ4n) is 2.67. The summed E-state index contributed by atoms with van der Waals surface area (Å²) < 4.78 is 12.6. The van der Waals surface area contributed by atoms with E-state index in [1.54, 1.807) is 36.5 Å². The predicted octanol–water partition coefficient (Wildman–Crippen LogP) is 4.81. The molecule has 0 aliphatic rings. The molecule has 4 aromatic rings. The first kappa shape index (κ1) is 17.8. The number of hydrogen-bond donors (Lipinski definition) is 0. The zero-order valence-corrected chi connectivity index (χ0v) is 16.8. The van der Waals surface area contributed by atoms with E-state index in [2.05, 4.69) is 15.6 Å². The van der Waals surface area contributed by atoms with Crippen LogP contribution in [0, 0.1) is 6.92 Å². The molecule has 0 amide bonds. The summed E-state index contributed by atoms with van der Waals surface area (Å²) in [5.74, 6) is 3.23. The molecule has 0 bridgehead atoms. The number of furan rings is 1. The summed E-state index contributed by atoms with van der Waals surface area (Å²) in [5.41, 5.74) is 3.08. The summed E-state index contributed by atoms with van der Waals surface area (Å²) in [4.78, 5) is 4.74. The Balaban J connectivity index is 1.46. The number of thioether (sulfide) groups is 1. The van der Waals surface area contributed by atoms with Crippen LogP contribution in [0.2, 0.25) is 0 Å². The molecule has 4 rings (SSSR count). The van der Waals surface area contributed by atoms with E-state index in [1.165, 1.54) is 0 Å². The SMILES string of the molecule is COc1ccc(-c2nc(CSc3nnc(-c4ccoc4C)n3C)cs2)cc1. The lowest BCUT2D eigenvalue weighted by atomic mass is 10.2. The van der Waals surface area contributed by atoms with Crippen LogP contribution in [0.1, 0.15) is 11.5 Å². The number of thiazole rings is 1. The Bertz CT molecular complexity index is 1050. The van der Waals surface area contributed by atoms with Crippen molar-refractivity contribution >= 4 is 23.1 Å². The van der Waals surface area contributed by atoms with E-state index in [0.717, 1.165) is 50.1 Å². The molecule has 27 heavy (non-hydrogen) atoms. The molecule has 0 N–H and O–H groups in total. The lowest BCUT2D eigenvalue weighted by Gasteiger charge is -2.02. The Morgan fingerprint density at radius 3 is 2.70 bits per heavy atom. The summed E-state index contributed by atoms with van der Waals surface area (Å²) in [7, 11) is 3.63. The van der Waals surface area contributed by atoms with E-state index in [9.17, 15) is 0 Å². The predicted molar refractivity (Wildman–Crippen MR) is 107 cm³/mol. The lowest BCUT2D eigenvalue weighted by Crippen LogP contribution is -1.95. The van der Waals surface area contributed by atoms with Crippen LogP contribution in [-0.2, 0) is 12.8 Å². The Morgan fingerprint density at radius 2 is 2.00 bits per heavy atom. The third-order valence-electron chi connectivity index (χ3n) is 4.17. The van der Waals surface area contributed by atoms with E-state index < -0.39 is 0 Å². The van der Waals surface area contributed by atoms with Crippen LogP contribution in [0.3, 0.4) is 0 Å². The molecule has 0 aliphatic carbocycles. The Labute approximate surface area is 165 Å². The molecule has 3 heterocycles. The molecule has 0 fully saturated rings. The monoisotopic (exact) mass is 398 g/mol. The number of nitrogens with zero attached hydrogens (tertiary/aromatic N) is 4. The first-order chi connectivity index (χ1) is 13.2. The van der Waals surface area contributed by atoms with Crippen LogP contribution in [-0.4, -0.2) is 26.9 Å². The number of benzene rings is 1. The maximum absolute atomic E-state index is 5.37. The first-order valence-electron chi connectivity index (χ1n) is 8.31. The number of methoxy groups -OCH3 is 1. The van der Waals surface area contributed by atoms with Crippen molar-refractivity contribution in [3.8, 4) is 27.7 Å². The highest BCUT2D eigenvalue weighted by Gasteiger charge is 2.15. The maximum Gasteiger partial charge on any atom is 0.191 e. The maximum atomic E-state index is 5.37. The van der Waals surface area contributed by atoms with Crippen molar-refractivity contribution in [2.24, 2.45) is 7.05 Å². The van der Waals surface area contributed by atoms with Crippen LogP contribution in [0.15, 0.2) is 51.5 Å². The molecule has 0 saturated heterocycles. The van der Waals surface area contributed by atoms with Crippen molar-refractivity contribution in [1.82, 2.24) is 19.7 Å². The van der Waals surface area contributed by atoms with Crippen molar-refractivity contribution in [3.05, 3.63) is 53.4 Å². The second-order valence-electron chi connectivity index (χ2n) is 5.92. The second kappa shape index (κ2) is 7.58. The van der Waals surface area contributed by atoms with Gasteiger partial charge in [0.05, 0.1) is 24.6 Å². The van der Waals surface area contributed by atoms with Crippen molar-refractivity contribution in [3.63, 3.8) is 0 Å². The van der Waals surface area contributed by atoms with Gasteiger partial charge >= 0.3 is 0 Å². The summed E-state index contributed by atoms with van der Waals surface area (Å²) in [6.45, 7) is 1.92. The van der Waals surface area contributed by atoms with Gasteiger partial charge in [0.15, 0.2) is 11.0 Å². The van der Waals surface area contributed by atoms with Crippen molar-refractivity contribution in [2.45, 2.75) is 17.8 Å². The van der Waals surface area contributed by atoms with Crippen LogP contribution < -0.4 is 4.74 Å². The van der Waals surface area contributed by atoms with E-state index in [1.807, 2.05) is 48.9 Å². The molecule has 0 spiro atoms. The fourth-order valence-corrected chi connectivity index (χ4v) is 4.40. The molecule has 8 heteroatoms. The third kappa shape index (κ3) is 3.63. The van der Waals surface area contributed by atoms with Gasteiger partial charge in [-0.05, 0) is 37.3 Å². The highest BCUT2D eigenvalue weighted by atomic mass is 32.2. The summed E-state index contributed by atoms with van der Waals surface area (Å²) >= 11 is 3.26. The number of rotatable bonds is 6. The molecular weight excluding hydrogens is 380 g/mol. The number of ether oxygens (including phenoxy) is 1. The van der Waals surface area contributed by atoms with Gasteiger partial charge in [-0.25, -0.2) is 4.98 Å². The Kier molecular flexibility index (Phi) is 5.00. The standard InChI is InChI=1S/C19H18N4O2S2/c1-12-16(8-9-25-12)17-21-22-19(23(17)2)27-11-14-10-26-18(20-14)13-4-6-15(24-3)7-5-13/h4-10H,11H2,1-3H3. The third-order valence-corrected chi connectivity index (χ3v) is 6.17. The van der Waals surface area contributed by atoms with Gasteiger partial charge in [-0.15, -0.1) is 21.5 Å².